The van der Waals surface area contributed by atoms with Crippen molar-refractivity contribution in [2.24, 2.45) is 5.92 Å². The molecule has 0 saturated carbocycles. The van der Waals surface area contributed by atoms with Crippen molar-refractivity contribution < 1.29 is 29.3 Å². The van der Waals surface area contributed by atoms with Gasteiger partial charge < -0.3 is 19.8 Å². The minimum absolute atomic E-state index is 0.0230. The predicted octanol–water partition coefficient (Wildman–Crippen LogP) is 3.28. The number of amides is 2. The summed E-state index contributed by atoms with van der Waals surface area (Å²) in [4.78, 5) is 39.8. The molecule has 184 valence electrons. The maximum Gasteiger partial charge on any atom is 0.304 e. The van der Waals surface area contributed by atoms with Crippen LogP contribution in [-0.4, -0.2) is 40.8 Å². The van der Waals surface area contributed by atoms with Gasteiger partial charge in [0.1, 0.15) is 0 Å². The molecule has 2 heterocycles. The number of rotatable bonds is 8. The van der Waals surface area contributed by atoms with E-state index < -0.39 is 29.6 Å². The van der Waals surface area contributed by atoms with Gasteiger partial charge in [-0.1, -0.05) is 42.8 Å². The van der Waals surface area contributed by atoms with Crippen LogP contribution in [0.1, 0.15) is 37.8 Å². The van der Waals surface area contributed by atoms with Crippen LogP contribution in [0, 0.1) is 5.92 Å². The zero-order valence-corrected chi connectivity index (χ0v) is 20.2. The number of halogens is 1. The van der Waals surface area contributed by atoms with Gasteiger partial charge in [-0.15, -0.1) is 0 Å². The number of aliphatic hydroxyl groups excluding tert-OH is 1. The van der Waals surface area contributed by atoms with Crippen LogP contribution >= 0.6 is 11.6 Å². The fourth-order valence-electron chi connectivity index (χ4n) is 4.52. The number of fused-ring (bicyclic) bond motifs is 1. The second-order valence-corrected chi connectivity index (χ2v) is 9.18. The number of carbonyl (C=O) groups excluding carboxylic acids is 3. The van der Waals surface area contributed by atoms with Crippen LogP contribution in [0.5, 0.6) is 0 Å². The number of anilines is 2. The molecule has 3 atom stereocenters. The van der Waals surface area contributed by atoms with Crippen molar-refractivity contribution in [2.75, 3.05) is 16.4 Å². The van der Waals surface area contributed by atoms with E-state index in [-0.39, 0.29) is 25.5 Å². The summed E-state index contributed by atoms with van der Waals surface area (Å²) < 4.78 is 5.16. The number of hydrogen-bond acceptors (Lipinski definition) is 6. The molecular formula is C26H27ClN2O6. The van der Waals surface area contributed by atoms with E-state index >= 15 is 0 Å². The molecule has 9 heteroatoms. The molecule has 2 aromatic rings. The number of benzene rings is 2. The van der Waals surface area contributed by atoms with Gasteiger partial charge in [-0.2, -0.15) is 0 Å². The van der Waals surface area contributed by atoms with Gasteiger partial charge in [-0.05, 0) is 42.3 Å². The third-order valence-electron chi connectivity index (χ3n) is 6.37. The zero-order chi connectivity index (χ0) is 25.3. The molecule has 2 amide bonds. The highest BCUT2D eigenvalue weighted by Gasteiger charge is 2.52. The van der Waals surface area contributed by atoms with E-state index in [2.05, 4.69) is 0 Å². The van der Waals surface area contributed by atoms with Gasteiger partial charge in [0.05, 0.1) is 18.7 Å². The van der Waals surface area contributed by atoms with Crippen LogP contribution in [0.2, 0.25) is 5.02 Å². The molecule has 2 N–H and O–H groups in total. The van der Waals surface area contributed by atoms with Gasteiger partial charge in [-0.3, -0.25) is 19.3 Å². The van der Waals surface area contributed by atoms with Crippen LogP contribution in [-0.2, 0) is 31.3 Å². The summed E-state index contributed by atoms with van der Waals surface area (Å²) in [5, 5.41) is 21.1. The SMILES string of the molecule is CC(=O)OC1CC(=O)N1c1ccc(CN2C(=O)[C@](O)([C@H](C)/C=C/CCO)c3cc(Cl)ccc32)cc1. The average Bonchev–Trinajstić information content (AvgIpc) is 3.02. The smallest absolute Gasteiger partial charge is 0.304 e. The van der Waals surface area contributed by atoms with E-state index in [0.717, 1.165) is 5.56 Å². The minimum atomic E-state index is -1.80. The third kappa shape index (κ3) is 4.57. The molecule has 1 saturated heterocycles. The lowest BCUT2D eigenvalue weighted by Gasteiger charge is -2.39. The lowest BCUT2D eigenvalue weighted by atomic mass is 9.83. The summed E-state index contributed by atoms with van der Waals surface area (Å²) in [5.41, 5.74) is 0.584. The summed E-state index contributed by atoms with van der Waals surface area (Å²) in [5.74, 6) is -1.61. The number of carbonyl (C=O) groups is 3. The Morgan fingerprint density at radius 2 is 1.97 bits per heavy atom. The molecule has 0 spiro atoms. The highest BCUT2D eigenvalue weighted by Crippen LogP contribution is 2.46. The van der Waals surface area contributed by atoms with Crippen LogP contribution in [0.25, 0.3) is 0 Å². The largest absolute Gasteiger partial charge is 0.441 e. The van der Waals surface area contributed by atoms with Gasteiger partial charge in [0, 0.05) is 35.7 Å². The molecule has 0 aliphatic carbocycles. The van der Waals surface area contributed by atoms with Crippen molar-refractivity contribution in [1.82, 2.24) is 0 Å². The standard InChI is InChI=1S/C26H27ClN2O6/c1-16(5-3-4-12-30)26(34)21-13-19(27)8-11-22(21)28(25(26)33)15-18-6-9-20(10-7-18)29-23(32)14-24(29)35-17(2)31/h3,5-11,13,16,24,30,34H,4,12,14-15H2,1-2H3/b5-3+/t16-,24?,26+/m1/s1. The second kappa shape index (κ2) is 9.81. The fraction of sp³-hybridized carbons (Fsp3) is 0.346. The molecule has 2 aliphatic heterocycles. The number of esters is 1. The van der Waals surface area contributed by atoms with Gasteiger partial charge in [0.2, 0.25) is 5.91 Å². The van der Waals surface area contributed by atoms with E-state index in [1.807, 2.05) is 0 Å². The van der Waals surface area contributed by atoms with Crippen LogP contribution < -0.4 is 9.80 Å². The van der Waals surface area contributed by atoms with Crippen molar-refractivity contribution in [2.45, 2.75) is 45.1 Å². The Hall–Kier alpha value is -3.20. The fourth-order valence-corrected chi connectivity index (χ4v) is 4.69. The van der Waals surface area contributed by atoms with Crippen LogP contribution in [0.4, 0.5) is 11.4 Å². The predicted molar refractivity (Wildman–Crippen MR) is 131 cm³/mol. The molecule has 0 bridgehead atoms. The first kappa shape index (κ1) is 24.9. The van der Waals surface area contributed by atoms with E-state index in [4.69, 9.17) is 21.4 Å². The quantitative estimate of drug-likeness (QED) is 0.328. The molecule has 0 aromatic heterocycles. The number of β-lactam (4-membered cyclic amide) rings is 1. The molecule has 2 aliphatic rings. The second-order valence-electron chi connectivity index (χ2n) is 8.75. The van der Waals surface area contributed by atoms with E-state index in [0.29, 0.717) is 28.4 Å². The van der Waals surface area contributed by atoms with Crippen molar-refractivity contribution in [3.8, 4) is 0 Å². The highest BCUT2D eigenvalue weighted by molar-refractivity contribution is 6.31. The summed E-state index contributed by atoms with van der Waals surface area (Å²) in [7, 11) is 0. The minimum Gasteiger partial charge on any atom is -0.441 e. The van der Waals surface area contributed by atoms with Crippen LogP contribution in [0.3, 0.4) is 0 Å². The number of hydrogen-bond donors (Lipinski definition) is 2. The Balaban J connectivity index is 1.58. The number of nitrogens with zero attached hydrogens (tertiary/aromatic N) is 2. The first-order chi connectivity index (χ1) is 16.7. The molecule has 35 heavy (non-hydrogen) atoms. The van der Waals surface area contributed by atoms with Crippen molar-refractivity contribution in [3.63, 3.8) is 0 Å². The van der Waals surface area contributed by atoms with E-state index in [1.54, 1.807) is 61.5 Å². The lowest BCUT2D eigenvalue weighted by Crippen LogP contribution is -2.54. The monoisotopic (exact) mass is 498 g/mol. The van der Waals surface area contributed by atoms with Crippen molar-refractivity contribution in [3.05, 3.63) is 70.8 Å². The molecular weight excluding hydrogens is 472 g/mol. The summed E-state index contributed by atoms with van der Waals surface area (Å²) in [6, 6.07) is 12.0. The zero-order valence-electron chi connectivity index (χ0n) is 19.5. The normalized spacial score (nSPS) is 22.4. The van der Waals surface area contributed by atoms with E-state index in [1.165, 1.54) is 16.7 Å². The Morgan fingerprint density at radius 1 is 1.26 bits per heavy atom. The Labute approximate surface area is 208 Å². The summed E-state index contributed by atoms with van der Waals surface area (Å²) in [6.07, 6.45) is 3.41. The average molecular weight is 499 g/mol. The van der Waals surface area contributed by atoms with Crippen LogP contribution in [0.15, 0.2) is 54.6 Å². The summed E-state index contributed by atoms with van der Waals surface area (Å²) >= 11 is 6.20. The van der Waals surface area contributed by atoms with Gasteiger partial charge in [0.25, 0.3) is 5.91 Å². The summed E-state index contributed by atoms with van der Waals surface area (Å²) in [6.45, 7) is 3.22. The number of ether oxygens (including phenoxy) is 1. The lowest BCUT2D eigenvalue weighted by molar-refractivity contribution is -0.153. The van der Waals surface area contributed by atoms with Gasteiger partial charge in [-0.25, -0.2) is 0 Å². The first-order valence-electron chi connectivity index (χ1n) is 11.4. The molecule has 1 fully saturated rings. The maximum absolute atomic E-state index is 13.5. The molecule has 0 radical (unpaired) electrons. The third-order valence-corrected chi connectivity index (χ3v) is 6.61. The van der Waals surface area contributed by atoms with E-state index in [9.17, 15) is 19.5 Å². The molecule has 8 nitrogen and oxygen atoms in total. The molecule has 2 aromatic carbocycles. The maximum atomic E-state index is 13.5. The Bertz CT molecular complexity index is 1180. The van der Waals surface area contributed by atoms with Gasteiger partial charge in [0.15, 0.2) is 11.8 Å². The Kier molecular flexibility index (Phi) is 6.98. The highest BCUT2D eigenvalue weighted by atomic mass is 35.5. The molecule has 1 unspecified atom stereocenters. The van der Waals surface area contributed by atoms with Crippen molar-refractivity contribution in [1.29, 1.82) is 0 Å². The number of aliphatic hydroxyl groups is 2. The van der Waals surface area contributed by atoms with Crippen molar-refractivity contribution >= 4 is 40.8 Å². The molecule has 4 rings (SSSR count). The van der Waals surface area contributed by atoms with Gasteiger partial charge >= 0.3 is 5.97 Å². The first-order valence-corrected chi connectivity index (χ1v) is 11.7. The topological polar surface area (TPSA) is 107 Å². The Morgan fingerprint density at radius 3 is 2.60 bits per heavy atom.